The van der Waals surface area contributed by atoms with Crippen molar-refractivity contribution in [3.8, 4) is 11.3 Å². The maximum absolute atomic E-state index is 11.9. The standard InChI is InChI=1S/C19H21N5O2/c1-3-9-20-19(25)16-11-23-17(12-21-16)22-10-15-13(2)26-24-18(15)14-7-5-4-6-8-14/h4-8,11-12H,3,9-10H2,1-2H3,(H,20,25)(H,22,23). The summed E-state index contributed by atoms with van der Waals surface area (Å²) in [7, 11) is 0. The third-order valence-electron chi connectivity index (χ3n) is 3.90. The van der Waals surface area contributed by atoms with Crippen LogP contribution in [0.3, 0.4) is 0 Å². The molecule has 0 spiro atoms. The summed E-state index contributed by atoms with van der Waals surface area (Å²) in [4.78, 5) is 20.3. The minimum absolute atomic E-state index is 0.216. The van der Waals surface area contributed by atoms with Crippen LogP contribution in [0.5, 0.6) is 0 Å². The molecular formula is C19H21N5O2. The first-order valence-corrected chi connectivity index (χ1v) is 8.53. The highest BCUT2D eigenvalue weighted by Gasteiger charge is 2.14. The third kappa shape index (κ3) is 4.05. The summed E-state index contributed by atoms with van der Waals surface area (Å²) in [5, 5.41) is 10.1. The van der Waals surface area contributed by atoms with Crippen LogP contribution in [0.15, 0.2) is 47.2 Å². The van der Waals surface area contributed by atoms with E-state index in [9.17, 15) is 4.79 Å². The van der Waals surface area contributed by atoms with E-state index in [2.05, 4.69) is 25.8 Å². The summed E-state index contributed by atoms with van der Waals surface area (Å²) in [6, 6.07) is 9.87. The van der Waals surface area contributed by atoms with E-state index >= 15 is 0 Å². The number of benzene rings is 1. The van der Waals surface area contributed by atoms with Crippen molar-refractivity contribution in [1.29, 1.82) is 0 Å². The van der Waals surface area contributed by atoms with E-state index in [-0.39, 0.29) is 5.91 Å². The zero-order valence-electron chi connectivity index (χ0n) is 14.8. The van der Waals surface area contributed by atoms with Gasteiger partial charge in [-0.25, -0.2) is 9.97 Å². The summed E-state index contributed by atoms with van der Waals surface area (Å²) in [6.45, 7) is 4.99. The molecule has 0 aliphatic heterocycles. The Labute approximate surface area is 151 Å². The van der Waals surface area contributed by atoms with Crippen molar-refractivity contribution in [2.75, 3.05) is 11.9 Å². The van der Waals surface area contributed by atoms with Crippen LogP contribution in [-0.4, -0.2) is 27.6 Å². The highest BCUT2D eigenvalue weighted by molar-refractivity contribution is 5.91. The highest BCUT2D eigenvalue weighted by atomic mass is 16.5. The molecule has 0 unspecified atom stereocenters. The molecule has 1 amide bonds. The van der Waals surface area contributed by atoms with Crippen molar-refractivity contribution in [2.45, 2.75) is 26.8 Å². The van der Waals surface area contributed by atoms with Crippen molar-refractivity contribution in [3.63, 3.8) is 0 Å². The van der Waals surface area contributed by atoms with Crippen LogP contribution in [0.2, 0.25) is 0 Å². The molecule has 0 saturated heterocycles. The number of anilines is 1. The Kier molecular flexibility index (Phi) is 5.58. The van der Waals surface area contributed by atoms with E-state index < -0.39 is 0 Å². The van der Waals surface area contributed by atoms with E-state index in [4.69, 9.17) is 4.52 Å². The van der Waals surface area contributed by atoms with Gasteiger partial charge in [0.2, 0.25) is 0 Å². The Balaban J connectivity index is 1.68. The lowest BCUT2D eigenvalue weighted by molar-refractivity contribution is 0.0948. The molecule has 1 aromatic carbocycles. The average Bonchev–Trinajstić information content (AvgIpc) is 3.06. The van der Waals surface area contributed by atoms with E-state index in [0.717, 1.165) is 29.0 Å². The van der Waals surface area contributed by atoms with E-state index in [0.29, 0.717) is 24.6 Å². The number of carbonyl (C=O) groups excluding carboxylic acids is 1. The van der Waals surface area contributed by atoms with Crippen molar-refractivity contribution >= 4 is 11.7 Å². The van der Waals surface area contributed by atoms with Crippen LogP contribution in [-0.2, 0) is 6.54 Å². The molecule has 0 atom stereocenters. The second kappa shape index (κ2) is 8.24. The molecule has 0 saturated carbocycles. The Bertz CT molecular complexity index is 859. The predicted octanol–water partition coefficient (Wildman–Crippen LogP) is 3.19. The van der Waals surface area contributed by atoms with Crippen molar-refractivity contribution in [3.05, 3.63) is 59.7 Å². The molecule has 7 heteroatoms. The number of aryl methyl sites for hydroxylation is 1. The van der Waals surface area contributed by atoms with Crippen LogP contribution in [0.4, 0.5) is 5.82 Å². The molecule has 0 radical (unpaired) electrons. The monoisotopic (exact) mass is 351 g/mol. The number of rotatable bonds is 7. The molecule has 0 bridgehead atoms. The molecule has 134 valence electrons. The number of aromatic nitrogens is 3. The molecule has 0 fully saturated rings. The molecular weight excluding hydrogens is 330 g/mol. The number of amides is 1. The SMILES string of the molecule is CCCNC(=O)c1cnc(NCc2c(-c3ccccc3)noc2C)cn1. The number of nitrogens with zero attached hydrogens (tertiary/aromatic N) is 3. The zero-order chi connectivity index (χ0) is 18.4. The number of carbonyl (C=O) groups is 1. The van der Waals surface area contributed by atoms with Gasteiger partial charge in [0.15, 0.2) is 0 Å². The molecule has 26 heavy (non-hydrogen) atoms. The Morgan fingerprint density at radius 2 is 1.96 bits per heavy atom. The van der Waals surface area contributed by atoms with Gasteiger partial charge < -0.3 is 15.2 Å². The largest absolute Gasteiger partial charge is 0.365 e. The van der Waals surface area contributed by atoms with E-state index in [1.807, 2.05) is 44.2 Å². The van der Waals surface area contributed by atoms with Gasteiger partial charge in [-0.15, -0.1) is 0 Å². The minimum Gasteiger partial charge on any atom is -0.365 e. The number of hydrogen-bond donors (Lipinski definition) is 2. The lowest BCUT2D eigenvalue weighted by atomic mass is 10.1. The second-order valence-corrected chi connectivity index (χ2v) is 5.83. The Morgan fingerprint density at radius 1 is 1.15 bits per heavy atom. The third-order valence-corrected chi connectivity index (χ3v) is 3.90. The first kappa shape index (κ1) is 17.6. The maximum atomic E-state index is 11.9. The second-order valence-electron chi connectivity index (χ2n) is 5.83. The summed E-state index contributed by atoms with van der Waals surface area (Å²) in [5.74, 6) is 1.11. The highest BCUT2D eigenvalue weighted by Crippen LogP contribution is 2.25. The van der Waals surface area contributed by atoms with Gasteiger partial charge in [-0.1, -0.05) is 42.4 Å². The van der Waals surface area contributed by atoms with Gasteiger partial charge in [-0.2, -0.15) is 0 Å². The lowest BCUT2D eigenvalue weighted by Gasteiger charge is -2.07. The van der Waals surface area contributed by atoms with Gasteiger partial charge in [0, 0.05) is 24.2 Å². The first-order chi connectivity index (χ1) is 12.7. The van der Waals surface area contributed by atoms with Gasteiger partial charge in [0.25, 0.3) is 5.91 Å². The van der Waals surface area contributed by atoms with Crippen LogP contribution in [0.25, 0.3) is 11.3 Å². The lowest BCUT2D eigenvalue weighted by Crippen LogP contribution is -2.25. The molecule has 0 aliphatic rings. The van der Waals surface area contributed by atoms with E-state index in [1.54, 1.807) is 6.20 Å². The van der Waals surface area contributed by atoms with E-state index in [1.165, 1.54) is 6.20 Å². The topological polar surface area (TPSA) is 92.9 Å². The Hall–Kier alpha value is -3.22. The number of nitrogens with one attached hydrogen (secondary N) is 2. The van der Waals surface area contributed by atoms with Crippen LogP contribution in [0, 0.1) is 6.92 Å². The fraction of sp³-hybridized carbons (Fsp3) is 0.263. The molecule has 3 rings (SSSR count). The molecule has 2 aromatic heterocycles. The molecule has 7 nitrogen and oxygen atoms in total. The molecule has 2 N–H and O–H groups in total. The Morgan fingerprint density at radius 3 is 2.65 bits per heavy atom. The van der Waals surface area contributed by atoms with Crippen molar-refractivity contribution in [2.24, 2.45) is 0 Å². The summed E-state index contributed by atoms with van der Waals surface area (Å²) < 4.78 is 5.35. The molecule has 2 heterocycles. The maximum Gasteiger partial charge on any atom is 0.271 e. The minimum atomic E-state index is -0.216. The van der Waals surface area contributed by atoms with Gasteiger partial charge in [0.1, 0.15) is 23.0 Å². The van der Waals surface area contributed by atoms with Gasteiger partial charge in [-0.3, -0.25) is 4.79 Å². The molecule has 0 aliphatic carbocycles. The fourth-order valence-electron chi connectivity index (χ4n) is 2.47. The average molecular weight is 351 g/mol. The van der Waals surface area contributed by atoms with Gasteiger partial charge >= 0.3 is 0 Å². The summed E-state index contributed by atoms with van der Waals surface area (Å²) >= 11 is 0. The van der Waals surface area contributed by atoms with Gasteiger partial charge in [-0.05, 0) is 13.3 Å². The quantitative estimate of drug-likeness (QED) is 0.679. The van der Waals surface area contributed by atoms with Crippen molar-refractivity contribution in [1.82, 2.24) is 20.4 Å². The number of hydrogen-bond acceptors (Lipinski definition) is 6. The van der Waals surface area contributed by atoms with Crippen LogP contribution >= 0.6 is 0 Å². The molecule has 3 aromatic rings. The first-order valence-electron chi connectivity index (χ1n) is 8.53. The normalized spacial score (nSPS) is 10.5. The predicted molar refractivity (Wildman–Crippen MR) is 98.7 cm³/mol. The smallest absolute Gasteiger partial charge is 0.271 e. The summed E-state index contributed by atoms with van der Waals surface area (Å²) in [6.07, 6.45) is 3.89. The van der Waals surface area contributed by atoms with Crippen LogP contribution in [0.1, 0.15) is 35.2 Å². The summed E-state index contributed by atoms with van der Waals surface area (Å²) in [5.41, 5.74) is 3.06. The van der Waals surface area contributed by atoms with Crippen molar-refractivity contribution < 1.29 is 9.32 Å². The van der Waals surface area contributed by atoms with Gasteiger partial charge in [0.05, 0.1) is 12.4 Å². The fourth-order valence-corrected chi connectivity index (χ4v) is 2.47. The zero-order valence-corrected chi connectivity index (χ0v) is 14.8. The van der Waals surface area contributed by atoms with Crippen LogP contribution < -0.4 is 10.6 Å².